The molecule has 1 N–H and O–H groups in total. The van der Waals surface area contributed by atoms with Gasteiger partial charge in [-0.2, -0.15) is 0 Å². The van der Waals surface area contributed by atoms with Gasteiger partial charge in [-0.15, -0.1) is 11.3 Å². The molecule has 2 aromatic rings. The maximum absolute atomic E-state index is 8.76. The van der Waals surface area contributed by atoms with Crippen LogP contribution in [-0.2, 0) is 0 Å². The van der Waals surface area contributed by atoms with Gasteiger partial charge in [-0.3, -0.25) is 0 Å². The Kier molecular flexibility index (Phi) is 2.67. The van der Waals surface area contributed by atoms with Crippen molar-refractivity contribution in [3.05, 3.63) is 33.7 Å². The molecule has 0 aliphatic carbocycles. The fourth-order valence-electron chi connectivity index (χ4n) is 1.58. The van der Waals surface area contributed by atoms with E-state index < -0.39 is 0 Å². The topological polar surface area (TPSA) is 32.6 Å². The highest BCUT2D eigenvalue weighted by Crippen LogP contribution is 2.32. The van der Waals surface area contributed by atoms with Gasteiger partial charge in [0.1, 0.15) is 0 Å². The molecule has 0 saturated carbocycles. The van der Waals surface area contributed by atoms with Crippen LogP contribution < -0.4 is 0 Å². The molecule has 0 unspecified atom stereocenters. The minimum absolute atomic E-state index is 0.643. The number of rotatable bonds is 1. The van der Waals surface area contributed by atoms with Gasteiger partial charge in [-0.05, 0) is 43.0 Å². The monoisotopic (exact) mass is 239 g/mol. The van der Waals surface area contributed by atoms with Crippen LogP contribution in [0.15, 0.2) is 23.4 Å². The third kappa shape index (κ3) is 1.73. The summed E-state index contributed by atoms with van der Waals surface area (Å²) in [5.41, 5.74) is 1.76. The van der Waals surface area contributed by atoms with Gasteiger partial charge in [-0.25, -0.2) is 0 Å². The number of aryl methyl sites for hydroxylation is 1. The molecule has 0 saturated heterocycles. The predicted octanol–water partition coefficient (Wildman–Crippen LogP) is 4.06. The van der Waals surface area contributed by atoms with E-state index in [1.165, 1.54) is 0 Å². The average molecular weight is 240 g/mol. The molecule has 0 aliphatic rings. The number of hydrogen-bond donors (Lipinski definition) is 1. The molecule has 1 aromatic heterocycles. The van der Waals surface area contributed by atoms with E-state index in [4.69, 9.17) is 16.8 Å². The smallest absolute Gasteiger partial charge is 0.0939 e. The van der Waals surface area contributed by atoms with Gasteiger partial charge in [0, 0.05) is 9.72 Å². The molecular weight excluding hydrogens is 230 g/mol. The van der Waals surface area contributed by atoms with Gasteiger partial charge in [0.15, 0.2) is 0 Å². The average Bonchev–Trinajstić information content (AvgIpc) is 2.55. The Morgan fingerprint density at radius 1 is 1.47 bits per heavy atom. The van der Waals surface area contributed by atoms with E-state index in [1.54, 1.807) is 18.3 Å². The van der Waals surface area contributed by atoms with Crippen LogP contribution >= 0.6 is 22.9 Å². The number of nitrogens with zero attached hydrogens (tertiary/aromatic N) is 1. The van der Waals surface area contributed by atoms with Crippen molar-refractivity contribution in [3.8, 4) is 0 Å². The summed E-state index contributed by atoms with van der Waals surface area (Å²) in [7, 11) is 0. The Balaban J connectivity index is 2.75. The summed E-state index contributed by atoms with van der Waals surface area (Å²) in [6, 6.07) is 5.80. The zero-order valence-corrected chi connectivity index (χ0v) is 9.99. The lowest BCUT2D eigenvalue weighted by atomic mass is 10.1. The SMILES string of the molecule is CC(=NO)c1sc2ccc(Cl)cc2c1C. The molecule has 0 amide bonds. The number of fused-ring (bicyclic) bond motifs is 1. The first kappa shape index (κ1) is 10.5. The minimum Gasteiger partial charge on any atom is -0.411 e. The second-order valence-corrected chi connectivity index (χ2v) is 4.87. The third-order valence-electron chi connectivity index (χ3n) is 2.38. The molecule has 0 fully saturated rings. The Morgan fingerprint density at radius 2 is 2.20 bits per heavy atom. The summed E-state index contributed by atoms with van der Waals surface area (Å²) in [4.78, 5) is 1.01. The van der Waals surface area contributed by atoms with Gasteiger partial charge in [0.2, 0.25) is 0 Å². The number of benzene rings is 1. The highest BCUT2D eigenvalue weighted by atomic mass is 35.5. The van der Waals surface area contributed by atoms with Crippen molar-refractivity contribution >= 4 is 38.7 Å². The highest BCUT2D eigenvalue weighted by Gasteiger charge is 2.11. The van der Waals surface area contributed by atoms with E-state index in [-0.39, 0.29) is 0 Å². The zero-order valence-electron chi connectivity index (χ0n) is 8.41. The molecule has 78 valence electrons. The first-order valence-corrected chi connectivity index (χ1v) is 5.70. The molecule has 2 rings (SSSR count). The van der Waals surface area contributed by atoms with Crippen LogP contribution in [0, 0.1) is 6.92 Å². The number of thiophene rings is 1. The number of halogens is 1. The lowest BCUT2D eigenvalue weighted by molar-refractivity contribution is 0.319. The van der Waals surface area contributed by atoms with Gasteiger partial charge in [0.25, 0.3) is 0 Å². The van der Waals surface area contributed by atoms with Crippen molar-refractivity contribution in [2.75, 3.05) is 0 Å². The molecule has 0 radical (unpaired) electrons. The van der Waals surface area contributed by atoms with E-state index in [0.717, 1.165) is 25.5 Å². The van der Waals surface area contributed by atoms with Gasteiger partial charge in [-0.1, -0.05) is 16.8 Å². The number of oxime groups is 1. The summed E-state index contributed by atoms with van der Waals surface area (Å²) in [6.07, 6.45) is 0. The summed E-state index contributed by atoms with van der Waals surface area (Å²) in [5, 5.41) is 13.9. The van der Waals surface area contributed by atoms with Crippen LogP contribution in [-0.4, -0.2) is 10.9 Å². The zero-order chi connectivity index (χ0) is 11.0. The standard InChI is InChI=1S/C11H10ClNOS/c1-6-9-5-8(12)3-4-10(9)15-11(6)7(2)13-14/h3-5,14H,1-2H3. The molecular formula is C11H10ClNOS. The van der Waals surface area contributed by atoms with E-state index in [9.17, 15) is 0 Å². The lowest BCUT2D eigenvalue weighted by Crippen LogP contribution is -1.92. The van der Waals surface area contributed by atoms with E-state index >= 15 is 0 Å². The lowest BCUT2D eigenvalue weighted by Gasteiger charge is -1.95. The summed E-state index contributed by atoms with van der Waals surface area (Å²) < 4.78 is 1.16. The van der Waals surface area contributed by atoms with Gasteiger partial charge in [0.05, 0.1) is 10.6 Å². The molecule has 15 heavy (non-hydrogen) atoms. The van der Waals surface area contributed by atoms with E-state index in [1.807, 2.05) is 25.1 Å². The molecule has 0 atom stereocenters. The summed E-state index contributed by atoms with van der Waals surface area (Å²) >= 11 is 7.55. The maximum Gasteiger partial charge on any atom is 0.0939 e. The van der Waals surface area contributed by atoms with Gasteiger partial charge < -0.3 is 5.21 Å². The second kappa shape index (κ2) is 3.83. The normalized spacial score (nSPS) is 12.3. The van der Waals surface area contributed by atoms with E-state index in [0.29, 0.717) is 5.71 Å². The van der Waals surface area contributed by atoms with Crippen molar-refractivity contribution in [2.45, 2.75) is 13.8 Å². The Hall–Kier alpha value is -1.06. The van der Waals surface area contributed by atoms with Crippen LogP contribution in [0.5, 0.6) is 0 Å². The molecule has 0 aliphatic heterocycles. The molecule has 1 heterocycles. The van der Waals surface area contributed by atoms with Crippen LogP contribution in [0.1, 0.15) is 17.4 Å². The molecule has 2 nitrogen and oxygen atoms in total. The Morgan fingerprint density at radius 3 is 2.87 bits per heavy atom. The summed E-state index contributed by atoms with van der Waals surface area (Å²) in [6.45, 7) is 3.80. The first-order chi connectivity index (χ1) is 7.13. The fraction of sp³-hybridized carbons (Fsp3) is 0.182. The van der Waals surface area contributed by atoms with Crippen LogP contribution in [0.3, 0.4) is 0 Å². The van der Waals surface area contributed by atoms with Crippen molar-refractivity contribution in [1.29, 1.82) is 0 Å². The largest absolute Gasteiger partial charge is 0.411 e. The Bertz CT molecular complexity index is 545. The fourth-order valence-corrected chi connectivity index (χ4v) is 2.89. The van der Waals surface area contributed by atoms with Gasteiger partial charge >= 0.3 is 0 Å². The molecule has 1 aromatic carbocycles. The van der Waals surface area contributed by atoms with Crippen molar-refractivity contribution in [1.82, 2.24) is 0 Å². The quantitative estimate of drug-likeness (QED) is 0.454. The summed E-state index contributed by atoms with van der Waals surface area (Å²) in [5.74, 6) is 0. The van der Waals surface area contributed by atoms with Crippen LogP contribution in [0.4, 0.5) is 0 Å². The second-order valence-electron chi connectivity index (χ2n) is 3.38. The molecule has 0 spiro atoms. The maximum atomic E-state index is 8.76. The van der Waals surface area contributed by atoms with Crippen LogP contribution in [0.2, 0.25) is 5.02 Å². The number of hydrogen-bond acceptors (Lipinski definition) is 3. The highest BCUT2D eigenvalue weighted by molar-refractivity contribution is 7.21. The minimum atomic E-state index is 0.643. The third-order valence-corrected chi connectivity index (χ3v) is 3.99. The molecule has 4 heteroatoms. The van der Waals surface area contributed by atoms with Crippen molar-refractivity contribution < 1.29 is 5.21 Å². The first-order valence-electron chi connectivity index (χ1n) is 4.51. The van der Waals surface area contributed by atoms with E-state index in [2.05, 4.69) is 5.16 Å². The Labute approximate surface area is 96.8 Å². The van der Waals surface area contributed by atoms with Crippen LogP contribution in [0.25, 0.3) is 10.1 Å². The van der Waals surface area contributed by atoms with Crippen molar-refractivity contribution in [3.63, 3.8) is 0 Å². The van der Waals surface area contributed by atoms with Crippen molar-refractivity contribution in [2.24, 2.45) is 5.16 Å². The molecule has 0 bridgehead atoms. The predicted molar refractivity (Wildman–Crippen MR) is 65.6 cm³/mol.